The Labute approximate surface area is 131 Å². The molecule has 122 valence electrons. The predicted molar refractivity (Wildman–Crippen MR) is 76.5 cm³/mol. The molecule has 0 fully saturated rings. The van der Waals surface area contributed by atoms with Crippen molar-refractivity contribution in [1.82, 2.24) is 9.78 Å². The fraction of sp³-hybridized carbons (Fsp3) is 0.538. The molecule has 0 amide bonds. The number of esters is 2. The van der Waals surface area contributed by atoms with E-state index >= 15 is 0 Å². The van der Waals surface area contributed by atoms with Gasteiger partial charge in [0.1, 0.15) is 6.73 Å². The third-order valence-corrected chi connectivity index (χ3v) is 2.92. The third-order valence-electron chi connectivity index (χ3n) is 2.62. The summed E-state index contributed by atoms with van der Waals surface area (Å²) in [6, 6.07) is 0. The number of nitrogens with zero attached hydrogens (tertiary/aromatic N) is 2. The molecule has 0 aliphatic rings. The van der Waals surface area contributed by atoms with Crippen LogP contribution in [-0.2, 0) is 30.5 Å². The second kappa shape index (κ2) is 8.50. The molecule has 0 radical (unpaired) electrons. The van der Waals surface area contributed by atoms with Crippen molar-refractivity contribution in [1.29, 1.82) is 0 Å². The van der Waals surface area contributed by atoms with Crippen LogP contribution < -0.4 is 5.56 Å². The molecule has 0 bridgehead atoms. The fourth-order valence-electron chi connectivity index (χ4n) is 1.74. The SMILES string of the molecule is CCOC(=O)C(C(=O)OCC)c1c(Cl)cnn(COC)c1=O. The molecule has 0 aromatic carbocycles. The van der Waals surface area contributed by atoms with E-state index in [1.807, 2.05) is 0 Å². The quantitative estimate of drug-likeness (QED) is 0.536. The van der Waals surface area contributed by atoms with E-state index in [1.54, 1.807) is 13.8 Å². The van der Waals surface area contributed by atoms with Gasteiger partial charge in [-0.25, -0.2) is 4.68 Å². The molecule has 0 unspecified atom stereocenters. The number of halogens is 1. The van der Waals surface area contributed by atoms with Crippen LogP contribution in [0, 0.1) is 0 Å². The molecule has 1 heterocycles. The maximum Gasteiger partial charge on any atom is 0.325 e. The van der Waals surface area contributed by atoms with Crippen LogP contribution >= 0.6 is 11.6 Å². The second-order valence-electron chi connectivity index (χ2n) is 4.07. The summed E-state index contributed by atoms with van der Waals surface area (Å²) in [6.45, 7) is 3.10. The molecule has 0 aliphatic heterocycles. The Morgan fingerprint density at radius 3 is 2.27 bits per heavy atom. The van der Waals surface area contributed by atoms with Crippen molar-refractivity contribution in [2.45, 2.75) is 26.5 Å². The maximum absolute atomic E-state index is 12.4. The summed E-state index contributed by atoms with van der Waals surface area (Å²) in [5.74, 6) is -3.38. The van der Waals surface area contributed by atoms with E-state index in [1.165, 1.54) is 7.11 Å². The molecule has 22 heavy (non-hydrogen) atoms. The fourth-order valence-corrected chi connectivity index (χ4v) is 1.98. The minimum atomic E-state index is -1.56. The molecule has 1 rings (SSSR count). The number of carbonyl (C=O) groups excluding carboxylic acids is 2. The Morgan fingerprint density at radius 2 is 1.82 bits per heavy atom. The van der Waals surface area contributed by atoms with Gasteiger partial charge in [-0.1, -0.05) is 11.6 Å². The lowest BCUT2D eigenvalue weighted by Gasteiger charge is -2.16. The number of methoxy groups -OCH3 is 1. The van der Waals surface area contributed by atoms with E-state index in [4.69, 9.17) is 25.8 Å². The summed E-state index contributed by atoms with van der Waals surface area (Å²) in [7, 11) is 1.37. The summed E-state index contributed by atoms with van der Waals surface area (Å²) in [4.78, 5) is 36.5. The average molecular weight is 333 g/mol. The van der Waals surface area contributed by atoms with Crippen LogP contribution in [0.25, 0.3) is 0 Å². The predicted octanol–water partition coefficient (Wildman–Crippen LogP) is 0.710. The van der Waals surface area contributed by atoms with Crippen molar-refractivity contribution in [3.63, 3.8) is 0 Å². The lowest BCUT2D eigenvalue weighted by atomic mass is 10.0. The highest BCUT2D eigenvalue weighted by molar-refractivity contribution is 6.31. The molecular formula is C13H17ClN2O6. The zero-order valence-electron chi connectivity index (χ0n) is 12.5. The van der Waals surface area contributed by atoms with Crippen molar-refractivity contribution in [2.24, 2.45) is 0 Å². The minimum absolute atomic E-state index is 0.0453. The zero-order valence-corrected chi connectivity index (χ0v) is 13.3. The molecule has 0 saturated carbocycles. The Kier molecular flexibility index (Phi) is 7.00. The van der Waals surface area contributed by atoms with Gasteiger partial charge in [-0.2, -0.15) is 5.10 Å². The van der Waals surface area contributed by atoms with Gasteiger partial charge >= 0.3 is 11.9 Å². The summed E-state index contributed by atoms with van der Waals surface area (Å²) in [6.07, 6.45) is 1.16. The molecule has 0 aliphatic carbocycles. The number of aromatic nitrogens is 2. The first-order valence-electron chi connectivity index (χ1n) is 6.55. The van der Waals surface area contributed by atoms with Gasteiger partial charge in [-0.3, -0.25) is 14.4 Å². The van der Waals surface area contributed by atoms with E-state index < -0.39 is 23.4 Å². The van der Waals surface area contributed by atoms with Gasteiger partial charge in [0, 0.05) is 7.11 Å². The smallest absolute Gasteiger partial charge is 0.325 e. The normalized spacial score (nSPS) is 10.6. The summed E-state index contributed by atoms with van der Waals surface area (Å²) in [5.41, 5.74) is -0.967. The van der Waals surface area contributed by atoms with Gasteiger partial charge in [-0.15, -0.1) is 0 Å². The molecule has 1 aromatic rings. The van der Waals surface area contributed by atoms with Crippen LogP contribution in [0.1, 0.15) is 25.3 Å². The maximum atomic E-state index is 12.4. The first kappa shape index (κ1) is 18.1. The Hall–Kier alpha value is -1.93. The molecule has 8 nitrogen and oxygen atoms in total. The Balaban J connectivity index is 3.41. The highest BCUT2D eigenvalue weighted by Crippen LogP contribution is 2.23. The summed E-state index contributed by atoms with van der Waals surface area (Å²) < 4.78 is 15.4. The van der Waals surface area contributed by atoms with E-state index in [-0.39, 0.29) is 30.5 Å². The monoisotopic (exact) mass is 332 g/mol. The van der Waals surface area contributed by atoms with Gasteiger partial charge in [-0.05, 0) is 13.8 Å². The van der Waals surface area contributed by atoms with Crippen molar-refractivity contribution in [3.05, 3.63) is 27.1 Å². The standard InChI is InChI=1S/C13H17ClN2O6/c1-4-21-12(18)10(13(19)22-5-2)9-8(14)6-15-16(7-20-3)11(9)17/h6,10H,4-5,7H2,1-3H3. The Bertz CT molecular complexity index is 583. The number of hydrogen-bond acceptors (Lipinski definition) is 7. The van der Waals surface area contributed by atoms with Gasteiger partial charge in [0.05, 0.1) is 30.0 Å². The first-order valence-corrected chi connectivity index (χ1v) is 6.93. The number of rotatable bonds is 7. The first-order chi connectivity index (χ1) is 10.5. The van der Waals surface area contributed by atoms with Crippen LogP contribution in [0.5, 0.6) is 0 Å². The lowest BCUT2D eigenvalue weighted by molar-refractivity contribution is -0.157. The van der Waals surface area contributed by atoms with Gasteiger partial charge in [0.25, 0.3) is 5.56 Å². The topological polar surface area (TPSA) is 96.7 Å². The van der Waals surface area contributed by atoms with E-state index in [0.29, 0.717) is 0 Å². The zero-order chi connectivity index (χ0) is 16.7. The van der Waals surface area contributed by atoms with Gasteiger partial charge < -0.3 is 14.2 Å². The largest absolute Gasteiger partial charge is 0.465 e. The Morgan fingerprint density at radius 1 is 1.27 bits per heavy atom. The third kappa shape index (κ3) is 4.05. The van der Waals surface area contributed by atoms with E-state index in [0.717, 1.165) is 10.9 Å². The molecule has 0 spiro atoms. The highest BCUT2D eigenvalue weighted by atomic mass is 35.5. The molecular weight excluding hydrogens is 316 g/mol. The average Bonchev–Trinajstić information content (AvgIpc) is 2.46. The van der Waals surface area contributed by atoms with Crippen LogP contribution in [0.15, 0.2) is 11.0 Å². The van der Waals surface area contributed by atoms with Crippen LogP contribution in [0.3, 0.4) is 0 Å². The van der Waals surface area contributed by atoms with Crippen molar-refractivity contribution < 1.29 is 23.8 Å². The van der Waals surface area contributed by atoms with Crippen molar-refractivity contribution in [3.8, 4) is 0 Å². The summed E-state index contributed by atoms with van der Waals surface area (Å²) in [5, 5.41) is 3.64. The number of carbonyl (C=O) groups is 2. The van der Waals surface area contributed by atoms with Crippen molar-refractivity contribution in [2.75, 3.05) is 20.3 Å². The van der Waals surface area contributed by atoms with Gasteiger partial charge in [0.2, 0.25) is 0 Å². The van der Waals surface area contributed by atoms with Crippen molar-refractivity contribution >= 4 is 23.5 Å². The molecule has 9 heteroatoms. The number of ether oxygens (including phenoxy) is 3. The molecule has 0 N–H and O–H groups in total. The second-order valence-corrected chi connectivity index (χ2v) is 4.47. The van der Waals surface area contributed by atoms with Crippen LogP contribution in [0.2, 0.25) is 5.02 Å². The molecule has 1 aromatic heterocycles. The number of hydrogen-bond donors (Lipinski definition) is 0. The minimum Gasteiger partial charge on any atom is -0.465 e. The highest BCUT2D eigenvalue weighted by Gasteiger charge is 2.36. The van der Waals surface area contributed by atoms with Gasteiger partial charge in [0.15, 0.2) is 5.92 Å². The van der Waals surface area contributed by atoms with Crippen LogP contribution in [0.4, 0.5) is 0 Å². The lowest BCUT2D eigenvalue weighted by Crippen LogP contribution is -2.35. The van der Waals surface area contributed by atoms with E-state index in [9.17, 15) is 14.4 Å². The van der Waals surface area contributed by atoms with E-state index in [2.05, 4.69) is 5.10 Å². The molecule has 0 saturated heterocycles. The molecule has 0 atom stereocenters. The van der Waals surface area contributed by atoms with Crippen LogP contribution in [-0.4, -0.2) is 42.0 Å². The summed E-state index contributed by atoms with van der Waals surface area (Å²) >= 11 is 5.95.